The molecule has 10 heteroatoms. The van der Waals surface area contributed by atoms with Crippen molar-refractivity contribution in [3.63, 3.8) is 0 Å². The molecular weight excluding hydrogens is 460 g/mol. The van der Waals surface area contributed by atoms with E-state index in [1.54, 1.807) is 33.7 Å². The van der Waals surface area contributed by atoms with Crippen molar-refractivity contribution in [3.05, 3.63) is 41.7 Å². The molecule has 2 aromatic rings. The van der Waals surface area contributed by atoms with Crippen molar-refractivity contribution in [2.24, 2.45) is 17.0 Å². The number of anilines is 1. The fraction of sp³-hybridized carbons (Fsp3) is 0.538. The van der Waals surface area contributed by atoms with Gasteiger partial charge in [-0.25, -0.2) is 9.97 Å². The van der Waals surface area contributed by atoms with Crippen molar-refractivity contribution >= 4 is 17.6 Å². The van der Waals surface area contributed by atoms with Crippen LogP contribution in [0, 0.1) is 11.8 Å². The lowest BCUT2D eigenvalue weighted by Gasteiger charge is -2.37. The van der Waals surface area contributed by atoms with Gasteiger partial charge in [0.05, 0.1) is 19.9 Å². The Labute approximate surface area is 212 Å². The lowest BCUT2D eigenvalue weighted by molar-refractivity contribution is -0.138. The molecule has 1 amide bonds. The van der Waals surface area contributed by atoms with Crippen molar-refractivity contribution in [2.75, 3.05) is 53.2 Å². The lowest BCUT2D eigenvalue weighted by Crippen LogP contribution is -2.46. The highest BCUT2D eigenvalue weighted by molar-refractivity contribution is 6.02. The van der Waals surface area contributed by atoms with Crippen molar-refractivity contribution in [3.8, 4) is 11.5 Å². The maximum Gasteiger partial charge on any atom is 0.225 e. The third-order valence-corrected chi connectivity index (χ3v) is 7.10. The molecule has 2 fully saturated rings. The van der Waals surface area contributed by atoms with E-state index in [0.717, 1.165) is 75.2 Å². The maximum absolute atomic E-state index is 13.3. The number of carbonyl (C=O) groups excluding carboxylic acids is 1. The summed E-state index contributed by atoms with van der Waals surface area (Å²) < 4.78 is 10.9. The molecule has 2 saturated heterocycles. The first-order valence-corrected chi connectivity index (χ1v) is 12.4. The highest BCUT2D eigenvalue weighted by atomic mass is 16.6. The van der Waals surface area contributed by atoms with Gasteiger partial charge in [-0.2, -0.15) is 0 Å². The molecule has 4 rings (SSSR count). The molecule has 194 valence electrons. The van der Waals surface area contributed by atoms with Crippen LogP contribution in [0.2, 0.25) is 0 Å². The molecule has 0 spiro atoms. The highest BCUT2D eigenvalue weighted by Gasteiger charge is 2.32. The van der Waals surface area contributed by atoms with Gasteiger partial charge in [0.25, 0.3) is 0 Å². The quantitative estimate of drug-likeness (QED) is 0.438. The number of carbonyl (C=O) groups is 1. The minimum atomic E-state index is 0.0789. The number of methoxy groups -OCH3 is 2. The number of benzene rings is 1. The topological polar surface area (TPSA) is 115 Å². The van der Waals surface area contributed by atoms with Crippen LogP contribution in [-0.2, 0) is 16.2 Å². The van der Waals surface area contributed by atoms with Gasteiger partial charge >= 0.3 is 0 Å². The largest absolute Gasteiger partial charge is 0.497 e. The summed E-state index contributed by atoms with van der Waals surface area (Å²) in [7, 11) is 4.82. The maximum atomic E-state index is 13.3. The highest BCUT2D eigenvalue weighted by Crippen LogP contribution is 2.30. The Bertz CT molecular complexity index is 1020. The normalized spacial score (nSPS) is 18.2. The predicted molar refractivity (Wildman–Crippen MR) is 137 cm³/mol. The van der Waals surface area contributed by atoms with Crippen LogP contribution in [-0.4, -0.2) is 78.9 Å². The van der Waals surface area contributed by atoms with E-state index in [2.05, 4.69) is 20.0 Å². The summed E-state index contributed by atoms with van der Waals surface area (Å²) in [4.78, 5) is 31.0. The van der Waals surface area contributed by atoms with Gasteiger partial charge in [-0.1, -0.05) is 5.16 Å². The zero-order valence-corrected chi connectivity index (χ0v) is 21.4. The predicted octanol–water partition coefficient (Wildman–Crippen LogP) is 2.58. The zero-order chi connectivity index (χ0) is 25.5. The van der Waals surface area contributed by atoms with E-state index >= 15 is 0 Å². The van der Waals surface area contributed by atoms with Crippen LogP contribution >= 0.6 is 0 Å². The average molecular weight is 497 g/mol. The minimum absolute atomic E-state index is 0.0789. The van der Waals surface area contributed by atoms with Crippen LogP contribution < -0.4 is 15.2 Å². The first-order valence-electron chi connectivity index (χ1n) is 12.4. The third kappa shape index (κ3) is 6.23. The number of likely N-dealkylation sites (tertiary alicyclic amines) is 2. The number of hydrogen-bond acceptors (Lipinski definition) is 9. The summed E-state index contributed by atoms with van der Waals surface area (Å²) in [6.45, 7) is 4.00. The zero-order valence-electron chi connectivity index (χ0n) is 21.4. The van der Waals surface area contributed by atoms with E-state index in [-0.39, 0.29) is 23.7 Å². The smallest absolute Gasteiger partial charge is 0.225 e. The fourth-order valence-electron chi connectivity index (χ4n) is 5.09. The minimum Gasteiger partial charge on any atom is -0.497 e. The third-order valence-electron chi connectivity index (χ3n) is 7.10. The standard InChI is InChI=1S/C26H36N6O4/c1-34-22-12-21(13-23(14-22)35-2)24(30-36-3)19-6-10-32(11-7-19)25(33)20-4-8-31(9-5-20)17-18-15-28-26(27)29-16-18/h12-16,19-20H,4-11,17H2,1-3H3,(H2,27,28,29). The molecular formula is C26H36N6O4. The summed E-state index contributed by atoms with van der Waals surface area (Å²) in [5.74, 6) is 2.24. The Morgan fingerprint density at radius 2 is 1.53 bits per heavy atom. The number of ether oxygens (including phenoxy) is 2. The van der Waals surface area contributed by atoms with Crippen molar-refractivity contribution in [1.29, 1.82) is 0 Å². The molecule has 10 nitrogen and oxygen atoms in total. The van der Waals surface area contributed by atoms with E-state index in [9.17, 15) is 4.79 Å². The van der Waals surface area contributed by atoms with Crippen LogP contribution in [0.4, 0.5) is 5.95 Å². The van der Waals surface area contributed by atoms with E-state index in [4.69, 9.17) is 20.0 Å². The Morgan fingerprint density at radius 1 is 0.944 bits per heavy atom. The van der Waals surface area contributed by atoms with Gasteiger partial charge < -0.3 is 24.9 Å². The molecule has 0 bridgehead atoms. The average Bonchev–Trinajstić information content (AvgIpc) is 2.93. The second kappa shape index (κ2) is 12.0. The first kappa shape index (κ1) is 25.7. The Hall–Kier alpha value is -3.40. The Morgan fingerprint density at radius 3 is 2.08 bits per heavy atom. The van der Waals surface area contributed by atoms with Crippen molar-refractivity contribution < 1.29 is 19.1 Å². The molecule has 3 heterocycles. The van der Waals surface area contributed by atoms with Gasteiger partial charge in [0.1, 0.15) is 18.6 Å². The Balaban J connectivity index is 1.31. The summed E-state index contributed by atoms with van der Waals surface area (Å²) in [6.07, 6.45) is 6.95. The Kier molecular flexibility index (Phi) is 8.58. The van der Waals surface area contributed by atoms with Gasteiger partial charge in [0.15, 0.2) is 0 Å². The molecule has 0 unspecified atom stereocenters. The molecule has 0 radical (unpaired) electrons. The number of hydrogen-bond donors (Lipinski definition) is 1. The number of nitrogen functional groups attached to an aromatic ring is 1. The first-order chi connectivity index (χ1) is 17.5. The lowest BCUT2D eigenvalue weighted by atomic mass is 9.87. The van der Waals surface area contributed by atoms with Crippen molar-refractivity contribution in [1.82, 2.24) is 19.8 Å². The van der Waals surface area contributed by atoms with E-state index in [0.29, 0.717) is 11.5 Å². The SMILES string of the molecule is CON=C(c1cc(OC)cc(OC)c1)C1CCN(C(=O)C2CCN(Cc3cnc(N)nc3)CC2)CC1. The van der Waals surface area contributed by atoms with Crippen LogP contribution in [0.5, 0.6) is 11.5 Å². The van der Waals surface area contributed by atoms with Gasteiger partial charge in [-0.3, -0.25) is 9.69 Å². The van der Waals surface area contributed by atoms with Crippen LogP contribution in [0.15, 0.2) is 35.7 Å². The number of nitrogens with two attached hydrogens (primary N) is 1. The molecule has 0 atom stereocenters. The number of amides is 1. The molecule has 2 aliphatic rings. The van der Waals surface area contributed by atoms with Crippen LogP contribution in [0.1, 0.15) is 36.8 Å². The number of aromatic nitrogens is 2. The molecule has 0 saturated carbocycles. The van der Waals surface area contributed by atoms with Gasteiger partial charge in [0.2, 0.25) is 11.9 Å². The molecule has 1 aromatic heterocycles. The second-order valence-corrected chi connectivity index (χ2v) is 9.36. The van der Waals surface area contributed by atoms with Gasteiger partial charge in [-0.15, -0.1) is 0 Å². The van der Waals surface area contributed by atoms with Gasteiger partial charge in [0, 0.05) is 61.1 Å². The van der Waals surface area contributed by atoms with E-state index in [1.165, 1.54) is 0 Å². The number of oxime groups is 1. The van der Waals surface area contributed by atoms with E-state index < -0.39 is 0 Å². The number of piperidine rings is 2. The monoisotopic (exact) mass is 496 g/mol. The molecule has 1 aromatic carbocycles. The number of rotatable bonds is 8. The van der Waals surface area contributed by atoms with Crippen molar-refractivity contribution in [2.45, 2.75) is 32.2 Å². The fourth-order valence-corrected chi connectivity index (χ4v) is 5.09. The second-order valence-electron chi connectivity index (χ2n) is 9.36. The summed E-state index contributed by atoms with van der Waals surface area (Å²) in [5.41, 5.74) is 8.39. The van der Waals surface area contributed by atoms with Crippen LogP contribution in [0.3, 0.4) is 0 Å². The molecule has 0 aliphatic carbocycles. The summed E-state index contributed by atoms with van der Waals surface area (Å²) >= 11 is 0. The summed E-state index contributed by atoms with van der Waals surface area (Å²) in [6, 6.07) is 5.73. The molecule has 2 aliphatic heterocycles. The van der Waals surface area contributed by atoms with Crippen LogP contribution in [0.25, 0.3) is 0 Å². The number of nitrogens with zero attached hydrogens (tertiary/aromatic N) is 5. The van der Waals surface area contributed by atoms with Gasteiger partial charge in [-0.05, 0) is 50.9 Å². The molecule has 2 N–H and O–H groups in total. The van der Waals surface area contributed by atoms with E-state index in [1.807, 2.05) is 23.1 Å². The molecule has 36 heavy (non-hydrogen) atoms. The summed E-state index contributed by atoms with van der Waals surface area (Å²) in [5, 5.41) is 4.36.